The third-order valence-electron chi connectivity index (χ3n) is 18.1. The fourth-order valence-electron chi connectivity index (χ4n) is 13.5. The van der Waals surface area contributed by atoms with Crippen molar-refractivity contribution in [2.24, 2.45) is 0 Å². The molecule has 4 aliphatic heterocycles. The van der Waals surface area contributed by atoms with Crippen molar-refractivity contribution in [3.63, 3.8) is 0 Å². The molecule has 10 nitrogen and oxygen atoms in total. The SMILES string of the molecule is C1=Cc2nc1c(-c1ccccc1)c1ccc([n-]1)c(-c1ccccc1)c1nc(c(-c3ccccc3)c3ccc([n-]3)c2-c2ccccc2)C=C1.C1=Cc2nc1c(-c1ccccc1)c1ccc([n-]1)c(-c1ccccc1)c1nc(c(-c3ccccc3)c3ccc([n-]3)c2-c2ccccc2)C=C1.N#CC([S-])=C([S-])C#N.[Fe+3].[Fe+3]. The van der Waals surface area contributed by atoms with Crippen LogP contribution in [-0.4, -0.2) is 19.9 Å². The van der Waals surface area contributed by atoms with E-state index in [0.29, 0.717) is 0 Å². The molecule has 106 heavy (non-hydrogen) atoms. The van der Waals surface area contributed by atoms with Gasteiger partial charge in [-0.25, -0.2) is 19.9 Å². The van der Waals surface area contributed by atoms with E-state index in [1.807, 2.05) is 48.5 Å². The Balaban J connectivity index is 0.000000159. The molecule has 0 atom stereocenters. The second-order valence-electron chi connectivity index (χ2n) is 24.5. The molecular weight excluding hydrogens is 1420 g/mol. The molecule has 0 unspecified atom stereocenters. The van der Waals surface area contributed by atoms with Crippen molar-refractivity contribution in [3.8, 4) is 101 Å². The number of rotatable bonds is 8. The first-order valence-corrected chi connectivity index (χ1v) is 34.6. The van der Waals surface area contributed by atoms with Crippen LogP contribution in [0, 0.1) is 22.7 Å². The zero-order valence-corrected chi connectivity index (χ0v) is 60.2. The third kappa shape index (κ3) is 14.4. The van der Waals surface area contributed by atoms with Crippen molar-refractivity contribution < 1.29 is 34.1 Å². The number of nitrogens with zero attached hydrogens (tertiary/aromatic N) is 10. The molecule has 4 aliphatic rings. The van der Waals surface area contributed by atoms with Gasteiger partial charge in [0.25, 0.3) is 0 Å². The Labute approximate surface area is 645 Å². The van der Waals surface area contributed by atoms with Gasteiger partial charge in [-0.05, 0) is 138 Å². The van der Waals surface area contributed by atoms with E-state index in [9.17, 15) is 0 Å². The fraction of sp³-hybridized carbons (Fsp3) is 0. The minimum Gasteiger partial charge on any atom is -0.770 e. The molecule has 0 spiro atoms. The number of hydrogen-bond acceptors (Lipinski definition) is 8. The quantitative estimate of drug-likeness (QED) is 0.0807. The summed E-state index contributed by atoms with van der Waals surface area (Å²) in [6.45, 7) is 0. The van der Waals surface area contributed by atoms with Crippen LogP contribution in [0.4, 0.5) is 0 Å². The maximum atomic E-state index is 8.01. The van der Waals surface area contributed by atoms with E-state index in [4.69, 9.17) is 50.4 Å². The molecule has 0 amide bonds. The van der Waals surface area contributed by atoms with Crippen molar-refractivity contribution in [2.45, 2.75) is 0 Å². The summed E-state index contributed by atoms with van der Waals surface area (Å²) in [7, 11) is 0. The molecule has 0 fully saturated rings. The standard InChI is InChI=1S/2C44H28N4.C4H2N2S2.2Fe/c2*1-5-13-29(14-6-1)41-33-21-23-35(45-33)42(30-15-7-2-8-16-30)37-25-27-39(47-37)44(32-19-11-4-12-20-32)40-28-26-38(48-40)43(31-17-9-3-10-18-31)36-24-22-34(41)46-36;5-1-3(7)4(8)2-6;;/h2*1-28H;7-8H;;/q2*-2;;2*+3/p-2. The van der Waals surface area contributed by atoms with Crippen LogP contribution in [0.2, 0.25) is 0 Å². The summed E-state index contributed by atoms with van der Waals surface area (Å²) in [4.78, 5) is 42.2. The summed E-state index contributed by atoms with van der Waals surface area (Å²) >= 11 is 8.70. The van der Waals surface area contributed by atoms with Gasteiger partial charge < -0.3 is 45.2 Å². The van der Waals surface area contributed by atoms with Gasteiger partial charge in [-0.15, -0.1) is 53.9 Å². The Bertz CT molecular complexity index is 5150. The molecule has 0 N–H and O–H groups in total. The van der Waals surface area contributed by atoms with Crippen LogP contribution < -0.4 is 19.9 Å². The second kappa shape index (κ2) is 31.8. The van der Waals surface area contributed by atoms with Gasteiger partial charge in [-0.2, -0.15) is 10.5 Å². The maximum Gasteiger partial charge on any atom is 3.00 e. The minimum atomic E-state index is -0.109. The Morgan fingerprint density at radius 2 is 0.330 bits per heavy atom. The van der Waals surface area contributed by atoms with Crippen LogP contribution >= 0.6 is 0 Å². The first-order chi connectivity index (χ1) is 51.3. The molecular formula is C92H56Fe2N10S2. The topological polar surface area (TPSA) is 156 Å². The summed E-state index contributed by atoms with van der Waals surface area (Å²) in [6, 6.07) is 103. The fourth-order valence-corrected chi connectivity index (χ4v) is 13.6. The van der Waals surface area contributed by atoms with Gasteiger partial charge in [-0.3, -0.25) is 0 Å². The van der Waals surface area contributed by atoms with Gasteiger partial charge in [0.05, 0.1) is 57.7 Å². The molecule has 18 rings (SSSR count). The van der Waals surface area contributed by atoms with E-state index in [1.165, 1.54) is 0 Å². The Morgan fingerprint density at radius 1 is 0.208 bits per heavy atom. The average Bonchev–Trinajstić information content (AvgIpc) is 1.60. The number of allylic oxidation sites excluding steroid dienone is 2. The number of nitriles is 2. The molecule has 16 bridgehead atoms. The van der Waals surface area contributed by atoms with Gasteiger partial charge in [-0.1, -0.05) is 291 Å². The van der Waals surface area contributed by atoms with E-state index in [-0.39, 0.29) is 43.9 Å². The van der Waals surface area contributed by atoms with Gasteiger partial charge in [0.2, 0.25) is 0 Å². The summed E-state index contributed by atoms with van der Waals surface area (Å²) in [6.07, 6.45) is 16.8. The molecule has 502 valence electrons. The summed E-state index contributed by atoms with van der Waals surface area (Å²) in [5, 5.41) is 16.0. The summed E-state index contributed by atoms with van der Waals surface area (Å²) < 4.78 is 0. The van der Waals surface area contributed by atoms with Crippen molar-refractivity contribution in [2.75, 3.05) is 0 Å². The van der Waals surface area contributed by atoms with E-state index < -0.39 is 0 Å². The summed E-state index contributed by atoms with van der Waals surface area (Å²) in [5.74, 6) is 0. The monoisotopic (exact) mass is 1480 g/mol. The van der Waals surface area contributed by atoms with E-state index in [0.717, 1.165) is 179 Å². The molecule has 10 heterocycles. The van der Waals surface area contributed by atoms with Crippen molar-refractivity contribution >= 4 is 118 Å². The molecule has 14 heteroatoms. The molecule has 0 saturated carbocycles. The maximum absolute atomic E-state index is 8.01. The predicted molar refractivity (Wildman–Crippen MR) is 430 cm³/mol. The van der Waals surface area contributed by atoms with Crippen LogP contribution in [0.15, 0.2) is 301 Å². The number of hydrogen-bond donors (Lipinski definition) is 0. The van der Waals surface area contributed by atoms with Gasteiger partial charge in [0, 0.05) is 0 Å². The Morgan fingerprint density at radius 3 is 0.443 bits per heavy atom. The molecule has 8 aromatic carbocycles. The van der Waals surface area contributed by atoms with Crippen molar-refractivity contribution in [1.29, 1.82) is 10.5 Å². The van der Waals surface area contributed by atoms with E-state index in [2.05, 4.69) is 317 Å². The van der Waals surface area contributed by atoms with Crippen LogP contribution in [0.3, 0.4) is 0 Å². The number of aromatic nitrogens is 8. The normalized spacial score (nSPS) is 11.7. The zero-order valence-electron chi connectivity index (χ0n) is 56.3. The molecule has 0 saturated heterocycles. The first-order valence-electron chi connectivity index (χ1n) is 33.8. The third-order valence-corrected chi connectivity index (χ3v) is 18.8. The van der Waals surface area contributed by atoms with Crippen LogP contribution in [-0.2, 0) is 59.4 Å². The zero-order chi connectivity index (χ0) is 70.3. The molecule has 2 radical (unpaired) electrons. The number of benzene rings is 8. The molecule has 0 aliphatic carbocycles. The van der Waals surface area contributed by atoms with Crippen LogP contribution in [0.25, 0.3) is 182 Å². The van der Waals surface area contributed by atoms with E-state index >= 15 is 0 Å². The predicted octanol–water partition coefficient (Wildman–Crippen LogP) is 21.5. The average molecular weight is 1480 g/mol. The number of fused-ring (bicyclic) bond motifs is 16. The van der Waals surface area contributed by atoms with E-state index in [1.54, 1.807) is 12.1 Å². The molecule has 6 aromatic heterocycles. The first kappa shape index (κ1) is 70.2. The van der Waals surface area contributed by atoms with Crippen molar-refractivity contribution in [3.05, 3.63) is 347 Å². The van der Waals surface area contributed by atoms with Gasteiger partial charge in [0.1, 0.15) is 0 Å². The molecule has 14 aromatic rings. The summed E-state index contributed by atoms with van der Waals surface area (Å²) in [5.41, 5.74) is 30.0. The Hall–Kier alpha value is -12.8. The van der Waals surface area contributed by atoms with Crippen LogP contribution in [0.1, 0.15) is 45.6 Å². The van der Waals surface area contributed by atoms with Gasteiger partial charge in [0.15, 0.2) is 0 Å². The second-order valence-corrected chi connectivity index (χ2v) is 25.4. The minimum absolute atomic E-state index is 0. The van der Waals surface area contributed by atoms with Crippen LogP contribution in [0.5, 0.6) is 0 Å². The smallest absolute Gasteiger partial charge is 0.770 e. The Kier molecular flexibility index (Phi) is 21.1. The van der Waals surface area contributed by atoms with Crippen molar-refractivity contribution in [1.82, 2.24) is 39.9 Å². The van der Waals surface area contributed by atoms with Gasteiger partial charge >= 0.3 is 34.1 Å². The largest absolute Gasteiger partial charge is 3.00 e.